The topological polar surface area (TPSA) is 58.8 Å². The van der Waals surface area contributed by atoms with Crippen LogP contribution in [0, 0.1) is 5.82 Å². The van der Waals surface area contributed by atoms with Gasteiger partial charge in [-0.05, 0) is 24.1 Å². The normalized spacial score (nSPS) is 21.3. The molecule has 2 atom stereocenters. The molecule has 0 radical (unpaired) electrons. The van der Waals surface area contributed by atoms with Crippen LogP contribution in [0.1, 0.15) is 24.9 Å². The predicted molar refractivity (Wildman–Crippen MR) is 87.4 cm³/mol. The summed E-state index contributed by atoms with van der Waals surface area (Å²) < 4.78 is 18.3. The summed E-state index contributed by atoms with van der Waals surface area (Å²) in [4.78, 5) is 16.5. The maximum Gasteiger partial charge on any atom is 0.239 e. The maximum absolute atomic E-state index is 13.1. The van der Waals surface area contributed by atoms with Gasteiger partial charge in [0.25, 0.3) is 0 Å². The lowest BCUT2D eigenvalue weighted by Crippen LogP contribution is -2.55. The monoisotopic (exact) mass is 323 g/mol. The highest BCUT2D eigenvalue weighted by Gasteiger charge is 2.33. The van der Waals surface area contributed by atoms with Crippen LogP contribution in [-0.4, -0.2) is 61.6 Å². The van der Waals surface area contributed by atoms with Crippen molar-refractivity contribution >= 4 is 5.91 Å². The molecule has 0 saturated carbocycles. The number of benzene rings is 1. The van der Waals surface area contributed by atoms with Gasteiger partial charge in [-0.2, -0.15) is 0 Å². The number of nitrogens with two attached hydrogens (primary N) is 1. The smallest absolute Gasteiger partial charge is 0.239 e. The predicted octanol–water partition coefficient (Wildman–Crippen LogP) is 1.39. The number of carbonyl (C=O) groups is 1. The summed E-state index contributed by atoms with van der Waals surface area (Å²) in [5.41, 5.74) is 6.38. The second kappa shape index (κ2) is 8.38. The van der Waals surface area contributed by atoms with Crippen molar-refractivity contribution < 1.29 is 13.9 Å². The molecule has 0 spiro atoms. The first kappa shape index (κ1) is 17.8. The Hall–Kier alpha value is -1.50. The third kappa shape index (κ3) is 4.50. The summed E-state index contributed by atoms with van der Waals surface area (Å²) in [6, 6.07) is 5.89. The number of primary amides is 1. The number of piperazine rings is 1. The number of rotatable bonds is 7. The SMILES string of the molecule is CC[C@H]1CN([C@H](C(N)=O)c2ccc(F)cc2)CCN1CCOC. The van der Waals surface area contributed by atoms with E-state index in [1.807, 2.05) is 0 Å². The zero-order chi connectivity index (χ0) is 16.8. The van der Waals surface area contributed by atoms with E-state index >= 15 is 0 Å². The van der Waals surface area contributed by atoms with Gasteiger partial charge in [-0.15, -0.1) is 0 Å². The van der Waals surface area contributed by atoms with Crippen LogP contribution >= 0.6 is 0 Å². The molecule has 1 fully saturated rings. The molecular weight excluding hydrogens is 297 g/mol. The van der Waals surface area contributed by atoms with Crippen molar-refractivity contribution in [1.29, 1.82) is 0 Å². The van der Waals surface area contributed by atoms with Crippen molar-refractivity contribution in [2.45, 2.75) is 25.4 Å². The fourth-order valence-corrected chi connectivity index (χ4v) is 3.24. The molecule has 23 heavy (non-hydrogen) atoms. The van der Waals surface area contributed by atoms with Crippen LogP contribution < -0.4 is 5.73 Å². The van der Waals surface area contributed by atoms with Crippen molar-refractivity contribution in [1.82, 2.24) is 9.80 Å². The van der Waals surface area contributed by atoms with Crippen molar-refractivity contribution in [2.75, 3.05) is 39.9 Å². The van der Waals surface area contributed by atoms with Gasteiger partial charge in [0.2, 0.25) is 5.91 Å². The summed E-state index contributed by atoms with van der Waals surface area (Å²) in [5, 5.41) is 0. The lowest BCUT2D eigenvalue weighted by Gasteiger charge is -2.43. The van der Waals surface area contributed by atoms with Crippen LogP contribution in [0.3, 0.4) is 0 Å². The zero-order valence-corrected chi connectivity index (χ0v) is 13.9. The number of nitrogens with zero attached hydrogens (tertiary/aromatic N) is 2. The highest BCUT2D eigenvalue weighted by Crippen LogP contribution is 2.25. The van der Waals surface area contributed by atoms with E-state index in [9.17, 15) is 9.18 Å². The number of carbonyl (C=O) groups excluding carboxylic acids is 1. The molecule has 2 rings (SSSR count). The number of ether oxygens (including phenoxy) is 1. The molecule has 1 amide bonds. The third-order valence-corrected chi connectivity index (χ3v) is 4.51. The van der Waals surface area contributed by atoms with Gasteiger partial charge in [0.15, 0.2) is 0 Å². The summed E-state index contributed by atoms with van der Waals surface area (Å²) in [6.07, 6.45) is 0.995. The summed E-state index contributed by atoms with van der Waals surface area (Å²) in [6.45, 7) is 6.13. The first-order valence-electron chi connectivity index (χ1n) is 8.08. The fraction of sp³-hybridized carbons (Fsp3) is 0.588. The Bertz CT molecular complexity index is 509. The van der Waals surface area contributed by atoms with E-state index in [4.69, 9.17) is 10.5 Å². The van der Waals surface area contributed by atoms with E-state index in [1.165, 1.54) is 12.1 Å². The molecule has 1 heterocycles. The van der Waals surface area contributed by atoms with Crippen LogP contribution in [0.25, 0.3) is 0 Å². The lowest BCUT2D eigenvalue weighted by atomic mass is 10.0. The van der Waals surface area contributed by atoms with Gasteiger partial charge >= 0.3 is 0 Å². The standard InChI is InChI=1S/C17H26FN3O2/c1-3-15-12-21(9-8-20(15)10-11-23-2)16(17(19)22)13-4-6-14(18)7-5-13/h4-7,15-16H,3,8-12H2,1-2H3,(H2,19,22)/t15-,16-/m0/s1. The third-order valence-electron chi connectivity index (χ3n) is 4.51. The first-order chi connectivity index (χ1) is 11.1. The van der Waals surface area contributed by atoms with Gasteiger partial charge in [-0.1, -0.05) is 19.1 Å². The molecule has 0 aliphatic carbocycles. The Morgan fingerprint density at radius 1 is 1.39 bits per heavy atom. The Labute approximate surface area is 137 Å². The van der Waals surface area contributed by atoms with Gasteiger partial charge in [0, 0.05) is 39.3 Å². The maximum atomic E-state index is 13.1. The number of halogens is 1. The van der Waals surface area contributed by atoms with Crippen molar-refractivity contribution in [3.05, 3.63) is 35.6 Å². The highest BCUT2D eigenvalue weighted by atomic mass is 19.1. The van der Waals surface area contributed by atoms with E-state index in [0.29, 0.717) is 12.6 Å². The molecule has 1 aromatic rings. The minimum absolute atomic E-state index is 0.312. The van der Waals surface area contributed by atoms with Crippen molar-refractivity contribution in [2.24, 2.45) is 5.73 Å². The second-order valence-electron chi connectivity index (χ2n) is 5.94. The molecule has 0 unspecified atom stereocenters. The Kier molecular flexibility index (Phi) is 6.50. The molecule has 1 aliphatic heterocycles. The van der Waals surface area contributed by atoms with E-state index in [1.54, 1.807) is 19.2 Å². The Balaban J connectivity index is 2.12. The van der Waals surface area contributed by atoms with E-state index in [2.05, 4.69) is 16.7 Å². The van der Waals surface area contributed by atoms with E-state index in [0.717, 1.165) is 38.2 Å². The molecular formula is C17H26FN3O2. The number of hydrogen-bond donors (Lipinski definition) is 1. The lowest BCUT2D eigenvalue weighted by molar-refractivity contribution is -0.125. The summed E-state index contributed by atoms with van der Waals surface area (Å²) in [5.74, 6) is -0.704. The molecule has 1 aliphatic rings. The first-order valence-corrected chi connectivity index (χ1v) is 8.08. The van der Waals surface area contributed by atoms with Gasteiger partial charge in [0.1, 0.15) is 11.9 Å². The summed E-state index contributed by atoms with van der Waals surface area (Å²) >= 11 is 0. The average Bonchev–Trinajstić information content (AvgIpc) is 2.55. The number of amides is 1. The Morgan fingerprint density at radius 3 is 2.65 bits per heavy atom. The largest absolute Gasteiger partial charge is 0.383 e. The second-order valence-corrected chi connectivity index (χ2v) is 5.94. The molecule has 0 aromatic heterocycles. The molecule has 1 aromatic carbocycles. The summed E-state index contributed by atoms with van der Waals surface area (Å²) in [7, 11) is 1.70. The zero-order valence-electron chi connectivity index (χ0n) is 13.9. The molecule has 5 nitrogen and oxygen atoms in total. The molecule has 2 N–H and O–H groups in total. The van der Waals surface area contributed by atoms with Crippen LogP contribution in [0.5, 0.6) is 0 Å². The van der Waals surface area contributed by atoms with Crippen molar-refractivity contribution in [3.63, 3.8) is 0 Å². The van der Waals surface area contributed by atoms with Crippen LogP contribution in [0.15, 0.2) is 24.3 Å². The van der Waals surface area contributed by atoms with E-state index in [-0.39, 0.29) is 5.82 Å². The van der Waals surface area contributed by atoms with Gasteiger partial charge in [0.05, 0.1) is 6.61 Å². The van der Waals surface area contributed by atoms with Crippen LogP contribution in [-0.2, 0) is 9.53 Å². The van der Waals surface area contributed by atoms with Crippen LogP contribution in [0.4, 0.5) is 4.39 Å². The van der Waals surface area contributed by atoms with Gasteiger partial charge < -0.3 is 10.5 Å². The van der Waals surface area contributed by atoms with Gasteiger partial charge in [-0.25, -0.2) is 4.39 Å². The van der Waals surface area contributed by atoms with E-state index < -0.39 is 11.9 Å². The molecule has 1 saturated heterocycles. The average molecular weight is 323 g/mol. The van der Waals surface area contributed by atoms with Crippen LogP contribution in [0.2, 0.25) is 0 Å². The fourth-order valence-electron chi connectivity index (χ4n) is 3.24. The molecule has 128 valence electrons. The minimum Gasteiger partial charge on any atom is -0.383 e. The molecule has 6 heteroatoms. The van der Waals surface area contributed by atoms with Crippen molar-refractivity contribution in [3.8, 4) is 0 Å². The number of methoxy groups -OCH3 is 1. The quantitative estimate of drug-likeness (QED) is 0.824. The van der Waals surface area contributed by atoms with Gasteiger partial charge in [-0.3, -0.25) is 14.6 Å². The number of hydrogen-bond acceptors (Lipinski definition) is 4. The molecule has 0 bridgehead atoms. The minimum atomic E-state index is -0.505. The Morgan fingerprint density at radius 2 is 2.09 bits per heavy atom. The highest BCUT2D eigenvalue weighted by molar-refractivity contribution is 5.81.